The number of esters is 2. The summed E-state index contributed by atoms with van der Waals surface area (Å²) in [7, 11) is 0. The fourth-order valence-corrected chi connectivity index (χ4v) is 4.00. The molecule has 1 aliphatic carbocycles. The summed E-state index contributed by atoms with van der Waals surface area (Å²) in [6, 6.07) is 6.53. The number of carbonyl (C=O) groups excluding carboxylic acids is 5. The van der Waals surface area contributed by atoms with E-state index in [4.69, 9.17) is 14.2 Å². The van der Waals surface area contributed by atoms with Crippen LogP contribution < -0.4 is 9.47 Å². The molecule has 0 saturated carbocycles. The fourth-order valence-electron chi connectivity index (χ4n) is 4.00. The molecular formula is C23H18O8. The highest BCUT2D eigenvalue weighted by molar-refractivity contribution is 6.29. The van der Waals surface area contributed by atoms with E-state index in [0.717, 1.165) is 6.26 Å². The van der Waals surface area contributed by atoms with Gasteiger partial charge in [-0.05, 0) is 6.92 Å². The molecule has 0 bridgehead atoms. The minimum Gasteiger partial charge on any atom is -0.490 e. The number of hydrogen-bond acceptors (Lipinski definition) is 8. The van der Waals surface area contributed by atoms with Gasteiger partial charge in [-0.3, -0.25) is 24.0 Å². The lowest BCUT2D eigenvalue weighted by Crippen LogP contribution is -2.38. The van der Waals surface area contributed by atoms with Crippen LogP contribution in [0.5, 0.6) is 11.5 Å². The van der Waals surface area contributed by atoms with Gasteiger partial charge in [-0.15, -0.1) is 0 Å². The van der Waals surface area contributed by atoms with Crippen molar-refractivity contribution >= 4 is 40.1 Å². The number of fused-ring (bicyclic) bond motifs is 3. The molecule has 0 saturated heterocycles. The number of allylic oxidation sites excluding steroid dienone is 1. The average Bonchev–Trinajstić information content (AvgIpc) is 2.72. The molecule has 0 fully saturated rings. The lowest BCUT2D eigenvalue weighted by atomic mass is 9.73. The first-order valence-corrected chi connectivity index (χ1v) is 9.61. The summed E-state index contributed by atoms with van der Waals surface area (Å²) in [5.41, 5.74) is -0.239. The maximum atomic E-state index is 13.6. The minimum atomic E-state index is -0.941. The second-order valence-electron chi connectivity index (χ2n) is 7.43. The van der Waals surface area contributed by atoms with E-state index in [1.54, 1.807) is 24.3 Å². The zero-order chi connectivity index (χ0) is 22.4. The Kier molecular flexibility index (Phi) is 4.93. The molecule has 4 rings (SSSR count). The van der Waals surface area contributed by atoms with Crippen LogP contribution >= 0.6 is 0 Å². The largest absolute Gasteiger partial charge is 0.490 e. The summed E-state index contributed by atoms with van der Waals surface area (Å²) in [6.07, 6.45) is 0.250. The van der Waals surface area contributed by atoms with Crippen LogP contribution in [0.3, 0.4) is 0 Å². The molecule has 0 amide bonds. The van der Waals surface area contributed by atoms with Gasteiger partial charge in [0.05, 0.1) is 23.3 Å². The average molecular weight is 422 g/mol. The predicted molar refractivity (Wildman–Crippen MR) is 107 cm³/mol. The van der Waals surface area contributed by atoms with Crippen LogP contribution in [0.25, 0.3) is 10.8 Å². The smallest absolute Gasteiger partial charge is 0.308 e. The van der Waals surface area contributed by atoms with Crippen LogP contribution in [-0.4, -0.2) is 35.4 Å². The Morgan fingerprint density at radius 3 is 1.97 bits per heavy atom. The third kappa shape index (κ3) is 3.30. The molecule has 0 aromatic heterocycles. The van der Waals surface area contributed by atoms with Gasteiger partial charge >= 0.3 is 11.9 Å². The lowest BCUT2D eigenvalue weighted by molar-refractivity contribution is -0.133. The van der Waals surface area contributed by atoms with Crippen molar-refractivity contribution < 1.29 is 38.2 Å². The van der Waals surface area contributed by atoms with Gasteiger partial charge in [-0.25, -0.2) is 0 Å². The Labute approximate surface area is 176 Å². The highest BCUT2D eigenvalue weighted by atomic mass is 16.5. The first-order valence-electron chi connectivity index (χ1n) is 9.61. The molecule has 2 unspecified atom stereocenters. The summed E-state index contributed by atoms with van der Waals surface area (Å²) in [4.78, 5) is 62.4. The van der Waals surface area contributed by atoms with Crippen molar-refractivity contribution in [3.05, 3.63) is 47.2 Å². The van der Waals surface area contributed by atoms with Crippen molar-refractivity contribution in [2.75, 3.05) is 0 Å². The molecule has 2 aromatic carbocycles. The SMILES string of the molecule is CC(=O)Oc1c2c(c(OC(C)=O)c3ccccc13)C(=O)C1CC(C(C)=O)OC=C1C2=O. The molecular weight excluding hydrogens is 404 g/mol. The van der Waals surface area contributed by atoms with Crippen molar-refractivity contribution in [1.82, 2.24) is 0 Å². The Morgan fingerprint density at radius 1 is 0.903 bits per heavy atom. The van der Waals surface area contributed by atoms with Crippen LogP contribution in [0.15, 0.2) is 36.1 Å². The third-order valence-electron chi connectivity index (χ3n) is 5.30. The Bertz CT molecular complexity index is 1220. The molecule has 8 heteroatoms. The van der Waals surface area contributed by atoms with Crippen molar-refractivity contribution in [3.8, 4) is 11.5 Å². The molecule has 0 N–H and O–H groups in total. The molecule has 0 radical (unpaired) electrons. The van der Waals surface area contributed by atoms with Gasteiger partial charge in [0.1, 0.15) is 0 Å². The van der Waals surface area contributed by atoms with Gasteiger partial charge < -0.3 is 14.2 Å². The van der Waals surface area contributed by atoms with Crippen LogP contribution in [0, 0.1) is 5.92 Å². The monoisotopic (exact) mass is 422 g/mol. The molecule has 2 atom stereocenters. The number of ketones is 3. The summed E-state index contributed by atoms with van der Waals surface area (Å²) in [5, 5.41) is 0.683. The highest BCUT2D eigenvalue weighted by Gasteiger charge is 2.46. The van der Waals surface area contributed by atoms with E-state index in [-0.39, 0.29) is 40.4 Å². The van der Waals surface area contributed by atoms with E-state index >= 15 is 0 Å². The number of carbonyl (C=O) groups is 5. The zero-order valence-electron chi connectivity index (χ0n) is 17.0. The standard InChI is InChI=1S/C23H18O8/c1-10(24)17-8-15-16(9-29-17)21(28)19-18(20(15)27)22(30-11(2)25)13-6-4-5-7-14(13)23(19)31-12(3)26/h4-7,9,15,17H,8H2,1-3H3. The molecule has 2 aliphatic rings. The van der Waals surface area contributed by atoms with E-state index in [1.807, 2.05) is 0 Å². The summed E-state index contributed by atoms with van der Waals surface area (Å²) >= 11 is 0. The molecule has 158 valence electrons. The quantitative estimate of drug-likeness (QED) is 0.548. The molecule has 1 aliphatic heterocycles. The van der Waals surface area contributed by atoms with Gasteiger partial charge in [0.15, 0.2) is 35.0 Å². The number of rotatable bonds is 3. The van der Waals surface area contributed by atoms with E-state index in [2.05, 4.69) is 0 Å². The van der Waals surface area contributed by atoms with Crippen LogP contribution in [0.2, 0.25) is 0 Å². The second kappa shape index (κ2) is 7.46. The van der Waals surface area contributed by atoms with Crippen molar-refractivity contribution in [3.63, 3.8) is 0 Å². The highest BCUT2D eigenvalue weighted by Crippen LogP contribution is 2.48. The number of ether oxygens (including phenoxy) is 3. The lowest BCUT2D eigenvalue weighted by Gasteiger charge is -2.33. The Hall–Kier alpha value is -3.81. The Morgan fingerprint density at radius 2 is 1.45 bits per heavy atom. The maximum absolute atomic E-state index is 13.6. The molecule has 8 nitrogen and oxygen atoms in total. The second-order valence-corrected chi connectivity index (χ2v) is 7.43. The first-order chi connectivity index (χ1) is 14.7. The maximum Gasteiger partial charge on any atom is 0.308 e. The normalized spacial score (nSPS) is 19.6. The van der Waals surface area contributed by atoms with E-state index in [9.17, 15) is 24.0 Å². The Balaban J connectivity index is 2.07. The molecule has 2 aromatic rings. The summed E-state index contributed by atoms with van der Waals surface area (Å²) in [6.45, 7) is 3.70. The number of hydrogen-bond donors (Lipinski definition) is 0. The summed E-state index contributed by atoms with van der Waals surface area (Å²) in [5.74, 6) is -3.83. The molecule has 31 heavy (non-hydrogen) atoms. The van der Waals surface area contributed by atoms with E-state index in [1.165, 1.54) is 20.8 Å². The van der Waals surface area contributed by atoms with Gasteiger partial charge in [0, 0.05) is 36.6 Å². The van der Waals surface area contributed by atoms with Gasteiger partial charge in [0.25, 0.3) is 0 Å². The molecule has 1 heterocycles. The van der Waals surface area contributed by atoms with Gasteiger partial charge in [-0.2, -0.15) is 0 Å². The van der Waals surface area contributed by atoms with Crippen LogP contribution in [0.1, 0.15) is 47.9 Å². The third-order valence-corrected chi connectivity index (χ3v) is 5.30. The van der Waals surface area contributed by atoms with Crippen molar-refractivity contribution in [2.24, 2.45) is 5.92 Å². The number of benzene rings is 2. The van der Waals surface area contributed by atoms with Crippen molar-refractivity contribution in [1.29, 1.82) is 0 Å². The topological polar surface area (TPSA) is 113 Å². The van der Waals surface area contributed by atoms with E-state index in [0.29, 0.717) is 10.8 Å². The van der Waals surface area contributed by atoms with Crippen LogP contribution in [-0.2, 0) is 19.1 Å². The minimum absolute atomic E-state index is 0.0135. The van der Waals surface area contributed by atoms with Gasteiger partial charge in [0.2, 0.25) is 0 Å². The predicted octanol–water partition coefficient (Wildman–Crippen LogP) is 2.95. The molecule has 0 spiro atoms. The number of Topliss-reactive ketones (excluding diaryl/α,β-unsaturated/α-hetero) is 3. The first kappa shape index (κ1) is 20.5. The summed E-state index contributed by atoms with van der Waals surface area (Å²) < 4.78 is 16.1. The van der Waals surface area contributed by atoms with Gasteiger partial charge in [-0.1, -0.05) is 24.3 Å². The van der Waals surface area contributed by atoms with Crippen molar-refractivity contribution in [2.45, 2.75) is 33.3 Å². The van der Waals surface area contributed by atoms with E-state index < -0.39 is 35.5 Å². The zero-order valence-corrected chi connectivity index (χ0v) is 17.0. The fraction of sp³-hybridized carbons (Fsp3) is 0.261. The van der Waals surface area contributed by atoms with Crippen LogP contribution in [0.4, 0.5) is 0 Å².